The number of thiophene rings is 5. The fraction of sp³-hybridized carbons (Fsp3) is 0.0519. The van der Waals surface area contributed by atoms with E-state index in [0.717, 1.165) is 0 Å². The summed E-state index contributed by atoms with van der Waals surface area (Å²) in [5.74, 6) is 0. The molecule has 0 saturated heterocycles. The molecule has 0 unspecified atom stereocenters. The SMILES string of the molecule is Cc1ccc2c3ccccc3c3ccccc3c2c1.Cc1cccc(-c2cccc3c2sc2ccccc23)c1.Cc1cccc2c1sc1c(-c3ccccc3)cccc12.Cc1cccc2c1sc1ccccc12.Cc1cccc2c3ccccc3c3ccccc3c12.Cn1c2ccccc2c2c3ccccc3c3c4ccccc4sc3c21.Cn1c2ccccc2c2c3sc4ccccc4c3c3ccccc3c21. The molecule has 2 nitrogen and oxygen atoms in total. The lowest BCUT2D eigenvalue weighted by atomic mass is 9.92. The van der Waals surface area contributed by atoms with Gasteiger partial charge in [-0.15, -0.1) is 56.7 Å². The molecule has 0 bridgehead atoms. The first kappa shape index (κ1) is 87.6. The van der Waals surface area contributed by atoms with Crippen LogP contribution in [0.2, 0.25) is 0 Å². The molecule has 142 heavy (non-hydrogen) atoms. The van der Waals surface area contributed by atoms with Gasteiger partial charge in [0.05, 0.1) is 15.7 Å². The topological polar surface area (TPSA) is 9.86 Å². The summed E-state index contributed by atoms with van der Waals surface area (Å²) < 4.78 is 18.6. The van der Waals surface area contributed by atoms with Gasteiger partial charge in [0.15, 0.2) is 0 Å². The molecule has 0 aliphatic rings. The van der Waals surface area contributed by atoms with Crippen molar-refractivity contribution in [3.63, 3.8) is 0 Å². The van der Waals surface area contributed by atoms with E-state index in [1.54, 1.807) is 0 Å². The predicted octanol–water partition coefficient (Wildman–Crippen LogP) is 41.0. The van der Waals surface area contributed by atoms with E-state index in [4.69, 9.17) is 0 Å². The Balaban J connectivity index is 0.0000000876. The van der Waals surface area contributed by atoms with E-state index >= 15 is 0 Å². The first-order valence-corrected chi connectivity index (χ1v) is 52.8. The van der Waals surface area contributed by atoms with Crippen LogP contribution in [-0.2, 0) is 14.1 Å². The highest BCUT2D eigenvalue weighted by Crippen LogP contribution is 2.51. The monoisotopic (exact) mass is 1900 g/mol. The van der Waals surface area contributed by atoms with Crippen molar-refractivity contribution in [2.75, 3.05) is 0 Å². The van der Waals surface area contributed by atoms with Crippen molar-refractivity contribution in [2.45, 2.75) is 34.6 Å². The largest absolute Gasteiger partial charge is 0.343 e. The molecular weight excluding hydrogens is 1810 g/mol. The number of rotatable bonds is 2. The third kappa shape index (κ3) is 15.1. The highest BCUT2D eigenvalue weighted by Gasteiger charge is 2.24. The van der Waals surface area contributed by atoms with Crippen LogP contribution in [0.25, 0.3) is 253 Å². The number of hydrogen-bond acceptors (Lipinski definition) is 5. The molecule has 0 atom stereocenters. The lowest BCUT2D eigenvalue weighted by Crippen LogP contribution is -1.88. The molecule has 0 spiro atoms. The average molecular weight is 1910 g/mol. The van der Waals surface area contributed by atoms with Crippen molar-refractivity contribution < 1.29 is 0 Å². The second-order valence-electron chi connectivity index (χ2n) is 37.3. The molecule has 0 fully saturated rings. The predicted molar refractivity (Wildman–Crippen MR) is 632 cm³/mol. The van der Waals surface area contributed by atoms with E-state index in [9.17, 15) is 0 Å². The number of para-hydroxylation sites is 2. The van der Waals surface area contributed by atoms with Crippen molar-refractivity contribution in [1.82, 2.24) is 9.13 Å². The maximum absolute atomic E-state index is 2.37. The summed E-state index contributed by atoms with van der Waals surface area (Å²) in [7, 11) is 4.39. The Labute approximate surface area is 843 Å². The number of benzene rings is 24. The average Bonchev–Trinajstić information content (AvgIpc) is 1.52. The fourth-order valence-electron chi connectivity index (χ4n) is 22.3. The van der Waals surface area contributed by atoms with Gasteiger partial charge in [0.1, 0.15) is 0 Å². The normalized spacial score (nSPS) is 11.6. The Kier molecular flexibility index (Phi) is 22.6. The fourth-order valence-corrected chi connectivity index (χ4v) is 28.6. The molecule has 24 aromatic carbocycles. The summed E-state index contributed by atoms with van der Waals surface area (Å²) in [5.41, 5.74) is 17.3. The van der Waals surface area contributed by atoms with E-state index < -0.39 is 0 Å². The zero-order chi connectivity index (χ0) is 95.3. The standard InChI is InChI=1S/2C23H15NS.2C19H14S.2C19H14.C13H10S/c1-24-18-12-6-4-10-16(18)21-22(24)15-9-3-2-8-14(15)20-17-11-5-7-13-19(17)25-23(20)21;1-24-18-12-6-4-10-16(18)20-14-8-2-3-9-15(14)21-17-11-5-7-13-19(17)25-23(21)22(20)24;1-13-6-4-7-14(12-13)15-9-5-10-17-16-8-2-3-11-18(16)20-19(15)17;1-13-7-5-11-16-17-12-6-10-15(19(17)20-18(13)16)14-8-3-2-4-9-14;1-13-7-6-12-18-16-9-3-2-8-14(16)15-10-4-5-11-17(15)19(13)18;1-13-10-11-18-16-8-3-2-6-14(16)15-7-4-5-9-17(15)19(18)12-13;1-9-5-4-7-11-10-6-2-3-8-12(10)14-13(9)11/h2*2-13H,1H3;2*2-12H,1H3;2*2-12H,1H3;2-8H,1H3. The maximum Gasteiger partial charge on any atom is 0.0676 e. The number of aromatic nitrogens is 2. The van der Waals surface area contributed by atoms with E-state index in [1.807, 2.05) is 56.7 Å². The smallest absolute Gasteiger partial charge is 0.0676 e. The van der Waals surface area contributed by atoms with Gasteiger partial charge in [0, 0.05) is 148 Å². The molecule has 7 aromatic heterocycles. The Hall–Kier alpha value is -15.9. The van der Waals surface area contributed by atoms with Gasteiger partial charge >= 0.3 is 0 Å². The number of aryl methyl sites for hydroxylation is 7. The van der Waals surface area contributed by atoms with Gasteiger partial charge in [-0.2, -0.15) is 0 Å². The van der Waals surface area contributed by atoms with E-state index in [0.29, 0.717) is 0 Å². The van der Waals surface area contributed by atoms with Crippen LogP contribution >= 0.6 is 56.7 Å². The Morgan fingerprint density at radius 2 is 0.458 bits per heavy atom. The highest BCUT2D eigenvalue weighted by atomic mass is 32.1. The Morgan fingerprint density at radius 3 is 0.993 bits per heavy atom. The van der Waals surface area contributed by atoms with E-state index in [1.165, 1.54) is 281 Å². The minimum absolute atomic E-state index is 1.29. The zero-order valence-electron chi connectivity index (χ0n) is 79.7. The van der Waals surface area contributed by atoms with Crippen LogP contribution in [0.5, 0.6) is 0 Å². The summed E-state index contributed by atoms with van der Waals surface area (Å²) in [5, 5.41) is 40.9. The van der Waals surface area contributed by atoms with Crippen LogP contribution < -0.4 is 0 Å². The van der Waals surface area contributed by atoms with Crippen molar-refractivity contribution in [3.05, 3.63) is 483 Å². The van der Waals surface area contributed by atoms with Gasteiger partial charge in [-0.3, -0.25) is 0 Å². The summed E-state index contributed by atoms with van der Waals surface area (Å²) in [6.07, 6.45) is 0. The number of fused-ring (bicyclic) bond motifs is 41. The lowest BCUT2D eigenvalue weighted by Gasteiger charge is -2.11. The van der Waals surface area contributed by atoms with Crippen molar-refractivity contribution in [1.29, 1.82) is 0 Å². The summed E-state index contributed by atoms with van der Waals surface area (Å²) in [6.45, 7) is 10.9. The second kappa shape index (κ2) is 36.7. The van der Waals surface area contributed by atoms with Gasteiger partial charge in [-0.25, -0.2) is 0 Å². The molecule has 0 aliphatic heterocycles. The second-order valence-corrected chi connectivity index (χ2v) is 42.6. The summed E-state index contributed by atoms with van der Waals surface area (Å²) in [6, 6.07) is 164. The lowest BCUT2D eigenvalue weighted by molar-refractivity contribution is 1.02. The zero-order valence-corrected chi connectivity index (χ0v) is 83.8. The molecule has 676 valence electrons. The molecule has 0 radical (unpaired) electrons. The molecule has 7 heteroatoms. The van der Waals surface area contributed by atoms with Crippen LogP contribution in [0.3, 0.4) is 0 Å². The highest BCUT2D eigenvalue weighted by molar-refractivity contribution is 7.28. The van der Waals surface area contributed by atoms with Crippen LogP contribution in [0, 0.1) is 34.6 Å². The van der Waals surface area contributed by atoms with Gasteiger partial charge in [-0.1, -0.05) is 430 Å². The third-order valence-corrected chi connectivity index (χ3v) is 35.1. The van der Waals surface area contributed by atoms with Crippen LogP contribution in [0.1, 0.15) is 27.8 Å². The molecule has 0 amide bonds. The first-order valence-electron chi connectivity index (χ1n) is 48.7. The van der Waals surface area contributed by atoms with Gasteiger partial charge in [0.2, 0.25) is 0 Å². The molecule has 31 rings (SSSR count). The maximum atomic E-state index is 2.37. The van der Waals surface area contributed by atoms with Crippen molar-refractivity contribution in [3.8, 4) is 22.3 Å². The molecule has 0 N–H and O–H groups in total. The molecule has 0 saturated carbocycles. The molecule has 0 aliphatic carbocycles. The van der Waals surface area contributed by atoms with Crippen LogP contribution in [0.15, 0.2) is 455 Å². The van der Waals surface area contributed by atoms with Gasteiger partial charge < -0.3 is 9.13 Å². The van der Waals surface area contributed by atoms with Gasteiger partial charge in [-0.05, 0) is 191 Å². The number of hydrogen-bond donors (Lipinski definition) is 0. The Morgan fingerprint density at radius 1 is 0.155 bits per heavy atom. The molecule has 7 heterocycles. The van der Waals surface area contributed by atoms with Crippen LogP contribution in [-0.4, -0.2) is 9.13 Å². The van der Waals surface area contributed by atoms with Crippen molar-refractivity contribution >= 4 is 287 Å². The van der Waals surface area contributed by atoms with E-state index in [-0.39, 0.29) is 0 Å². The minimum Gasteiger partial charge on any atom is -0.343 e. The Bertz CT molecular complexity index is 10300. The molecule has 31 aromatic rings. The number of nitrogens with zero attached hydrogens (tertiary/aromatic N) is 2. The van der Waals surface area contributed by atoms with Crippen molar-refractivity contribution in [2.24, 2.45) is 14.1 Å². The summed E-state index contributed by atoms with van der Waals surface area (Å²) in [4.78, 5) is 0. The third-order valence-electron chi connectivity index (χ3n) is 28.8. The van der Waals surface area contributed by atoms with Crippen LogP contribution in [0.4, 0.5) is 0 Å². The minimum atomic E-state index is 1.29. The first-order chi connectivity index (χ1) is 69.9. The quantitative estimate of drug-likeness (QED) is 0.153. The van der Waals surface area contributed by atoms with Gasteiger partial charge in [0.25, 0.3) is 0 Å². The van der Waals surface area contributed by atoms with E-state index in [2.05, 4.69) is 513 Å². The summed E-state index contributed by atoms with van der Waals surface area (Å²) >= 11 is 9.52. The molecular formula is C135H96N2S5.